The van der Waals surface area contributed by atoms with Crippen LogP contribution in [0.2, 0.25) is 0 Å². The molecule has 1 rings (SSSR count). The van der Waals surface area contributed by atoms with Crippen molar-refractivity contribution in [3.05, 3.63) is 0 Å². The number of carboxylic acid groups (broad SMARTS) is 1. The van der Waals surface area contributed by atoms with E-state index in [0.29, 0.717) is 13.0 Å². The van der Waals surface area contributed by atoms with Crippen molar-refractivity contribution >= 4 is 11.9 Å². The van der Waals surface area contributed by atoms with Crippen LogP contribution in [0.3, 0.4) is 0 Å². The quantitative estimate of drug-likeness (QED) is 0.733. The predicted molar refractivity (Wildman–Crippen MR) is 60.1 cm³/mol. The Hall–Kier alpha value is -1.10. The summed E-state index contributed by atoms with van der Waals surface area (Å²) in [5.74, 6) is -0.771. The Morgan fingerprint density at radius 2 is 2.25 bits per heavy atom. The van der Waals surface area contributed by atoms with Gasteiger partial charge in [-0.25, -0.2) is 0 Å². The molecule has 1 aliphatic rings. The fourth-order valence-electron chi connectivity index (χ4n) is 2.18. The van der Waals surface area contributed by atoms with Gasteiger partial charge in [-0.15, -0.1) is 0 Å². The molecule has 0 spiro atoms. The fourth-order valence-corrected chi connectivity index (χ4v) is 2.18. The zero-order chi connectivity index (χ0) is 12.3. The number of rotatable bonds is 4. The van der Waals surface area contributed by atoms with Crippen molar-refractivity contribution in [2.24, 2.45) is 0 Å². The van der Waals surface area contributed by atoms with E-state index in [4.69, 9.17) is 5.11 Å². The molecule has 1 fully saturated rings. The van der Waals surface area contributed by atoms with Gasteiger partial charge < -0.3 is 10.4 Å². The Morgan fingerprint density at radius 1 is 1.62 bits per heavy atom. The summed E-state index contributed by atoms with van der Waals surface area (Å²) in [5.41, 5.74) is -0.545. The first kappa shape index (κ1) is 13.0. The molecule has 16 heavy (non-hydrogen) atoms. The van der Waals surface area contributed by atoms with E-state index in [2.05, 4.69) is 10.2 Å². The summed E-state index contributed by atoms with van der Waals surface area (Å²) in [6, 6.07) is 0.108. The molecule has 0 aliphatic carbocycles. The third-order valence-corrected chi connectivity index (χ3v) is 3.22. The molecule has 1 amide bonds. The highest BCUT2D eigenvalue weighted by Crippen LogP contribution is 2.22. The van der Waals surface area contributed by atoms with E-state index in [1.165, 1.54) is 0 Å². The molecule has 1 heterocycles. The van der Waals surface area contributed by atoms with E-state index >= 15 is 0 Å². The zero-order valence-corrected chi connectivity index (χ0v) is 10.1. The van der Waals surface area contributed by atoms with Crippen molar-refractivity contribution in [2.45, 2.75) is 45.2 Å². The topological polar surface area (TPSA) is 69.6 Å². The van der Waals surface area contributed by atoms with Crippen LogP contribution >= 0.6 is 0 Å². The van der Waals surface area contributed by atoms with Gasteiger partial charge in [0.15, 0.2) is 0 Å². The number of piperazine rings is 1. The number of hydrogen-bond acceptors (Lipinski definition) is 3. The van der Waals surface area contributed by atoms with Crippen LogP contribution in [-0.2, 0) is 9.59 Å². The number of amides is 1. The van der Waals surface area contributed by atoms with Crippen LogP contribution in [0.4, 0.5) is 0 Å². The van der Waals surface area contributed by atoms with E-state index < -0.39 is 11.5 Å². The van der Waals surface area contributed by atoms with E-state index in [1.807, 2.05) is 20.8 Å². The van der Waals surface area contributed by atoms with Crippen LogP contribution in [0.15, 0.2) is 0 Å². The van der Waals surface area contributed by atoms with Crippen LogP contribution < -0.4 is 5.32 Å². The van der Waals surface area contributed by atoms with Crippen molar-refractivity contribution in [2.75, 3.05) is 13.1 Å². The molecule has 1 unspecified atom stereocenters. The lowest BCUT2D eigenvalue weighted by Crippen LogP contribution is -2.64. The van der Waals surface area contributed by atoms with Gasteiger partial charge in [-0.2, -0.15) is 0 Å². The Bertz CT molecular complexity index is 289. The summed E-state index contributed by atoms with van der Waals surface area (Å²) in [4.78, 5) is 24.3. The molecule has 1 aliphatic heterocycles. The molecule has 2 N–H and O–H groups in total. The normalized spacial score (nSPS) is 22.6. The Balaban J connectivity index is 2.63. The lowest BCUT2D eigenvalue weighted by atomic mass is 9.95. The average molecular weight is 228 g/mol. The minimum Gasteiger partial charge on any atom is -0.481 e. The third-order valence-electron chi connectivity index (χ3n) is 3.22. The molecule has 1 saturated heterocycles. The first-order valence-corrected chi connectivity index (χ1v) is 5.62. The van der Waals surface area contributed by atoms with Crippen LogP contribution in [0.25, 0.3) is 0 Å². The summed E-state index contributed by atoms with van der Waals surface area (Å²) in [6.07, 6.45) is 0.724. The van der Waals surface area contributed by atoms with Crippen molar-refractivity contribution in [1.29, 1.82) is 0 Å². The van der Waals surface area contributed by atoms with E-state index in [0.717, 1.165) is 6.54 Å². The highest BCUT2D eigenvalue weighted by Gasteiger charge is 2.39. The molecule has 92 valence electrons. The number of carbonyl (C=O) groups is 2. The number of aliphatic carboxylic acids is 1. The summed E-state index contributed by atoms with van der Waals surface area (Å²) >= 11 is 0. The molecule has 0 bridgehead atoms. The van der Waals surface area contributed by atoms with Gasteiger partial charge in [0.1, 0.15) is 0 Å². The lowest BCUT2D eigenvalue weighted by Gasteiger charge is -2.44. The minimum atomic E-state index is -0.786. The summed E-state index contributed by atoms with van der Waals surface area (Å²) in [6.45, 7) is 7.14. The monoisotopic (exact) mass is 228 g/mol. The lowest BCUT2D eigenvalue weighted by molar-refractivity contribution is -0.138. The van der Waals surface area contributed by atoms with Gasteiger partial charge in [-0.1, -0.05) is 0 Å². The summed E-state index contributed by atoms with van der Waals surface area (Å²) in [7, 11) is 0. The van der Waals surface area contributed by atoms with Crippen molar-refractivity contribution in [1.82, 2.24) is 10.2 Å². The second kappa shape index (κ2) is 4.82. The highest BCUT2D eigenvalue weighted by atomic mass is 16.4. The molecule has 0 radical (unpaired) electrons. The molecular formula is C11H20N2O3. The number of nitrogens with one attached hydrogen (secondary N) is 1. The molecule has 0 aromatic carbocycles. The van der Waals surface area contributed by atoms with Crippen LogP contribution in [0.5, 0.6) is 0 Å². The maximum atomic E-state index is 11.7. The molecule has 1 atom stereocenters. The summed E-state index contributed by atoms with van der Waals surface area (Å²) in [5, 5.41) is 11.5. The molecule has 0 aromatic rings. The maximum absolute atomic E-state index is 11.7. The maximum Gasteiger partial charge on any atom is 0.303 e. The molecule has 0 saturated carbocycles. The minimum absolute atomic E-state index is 0.0147. The zero-order valence-electron chi connectivity index (χ0n) is 10.1. The smallest absolute Gasteiger partial charge is 0.303 e. The number of carboxylic acids is 1. The van der Waals surface area contributed by atoms with E-state index in [-0.39, 0.29) is 18.4 Å². The second-order valence-corrected chi connectivity index (χ2v) is 4.79. The average Bonchev–Trinajstić information content (AvgIpc) is 2.18. The Morgan fingerprint density at radius 3 is 2.81 bits per heavy atom. The SMILES string of the molecule is CC(CCC(=O)O)N1CCNC(=O)C1(C)C. The van der Waals surface area contributed by atoms with Gasteiger partial charge in [0, 0.05) is 25.6 Å². The van der Waals surface area contributed by atoms with Gasteiger partial charge in [-0.3, -0.25) is 14.5 Å². The second-order valence-electron chi connectivity index (χ2n) is 4.79. The van der Waals surface area contributed by atoms with Crippen LogP contribution in [0.1, 0.15) is 33.6 Å². The van der Waals surface area contributed by atoms with Gasteiger partial charge >= 0.3 is 5.97 Å². The van der Waals surface area contributed by atoms with Gasteiger partial charge in [0.2, 0.25) is 5.91 Å². The third kappa shape index (κ3) is 2.72. The largest absolute Gasteiger partial charge is 0.481 e. The van der Waals surface area contributed by atoms with E-state index in [1.54, 1.807) is 0 Å². The molecule has 5 heteroatoms. The first-order chi connectivity index (χ1) is 7.35. The van der Waals surface area contributed by atoms with Crippen LogP contribution in [-0.4, -0.2) is 46.6 Å². The molecule has 5 nitrogen and oxygen atoms in total. The number of carbonyl (C=O) groups excluding carboxylic acids is 1. The molecule has 0 aromatic heterocycles. The van der Waals surface area contributed by atoms with Gasteiger partial charge in [0.05, 0.1) is 5.54 Å². The van der Waals surface area contributed by atoms with Crippen molar-refractivity contribution in [3.8, 4) is 0 Å². The standard InChI is InChI=1S/C11H20N2O3/c1-8(4-5-9(14)15)13-7-6-12-10(16)11(13,2)3/h8H,4-7H2,1-3H3,(H,12,16)(H,14,15). The predicted octanol–water partition coefficient (Wildman–Crippen LogP) is 0.450. The van der Waals surface area contributed by atoms with Crippen molar-refractivity contribution < 1.29 is 14.7 Å². The number of hydrogen-bond donors (Lipinski definition) is 2. The van der Waals surface area contributed by atoms with Gasteiger partial charge in [0.25, 0.3) is 0 Å². The number of nitrogens with zero attached hydrogens (tertiary/aromatic N) is 1. The Kier molecular flexibility index (Phi) is 3.91. The molecular weight excluding hydrogens is 208 g/mol. The first-order valence-electron chi connectivity index (χ1n) is 5.62. The Labute approximate surface area is 95.8 Å². The highest BCUT2D eigenvalue weighted by molar-refractivity contribution is 5.86. The fraction of sp³-hybridized carbons (Fsp3) is 0.818. The van der Waals surface area contributed by atoms with Crippen molar-refractivity contribution in [3.63, 3.8) is 0 Å². The van der Waals surface area contributed by atoms with Crippen LogP contribution in [0, 0.1) is 0 Å². The van der Waals surface area contributed by atoms with Gasteiger partial charge in [-0.05, 0) is 27.2 Å². The summed E-state index contributed by atoms with van der Waals surface area (Å²) < 4.78 is 0. The van der Waals surface area contributed by atoms with E-state index in [9.17, 15) is 9.59 Å².